The number of hydrogen-bond donors (Lipinski definition) is 4. The maximum Gasteiger partial charge on any atom is 0.229 e. The average Bonchev–Trinajstić information content (AvgIpc) is 3.46. The number of nitrogens with one attached hydrogen (secondary N) is 1. The van der Waals surface area contributed by atoms with Crippen molar-refractivity contribution in [3.63, 3.8) is 0 Å². The van der Waals surface area contributed by atoms with Crippen LogP contribution in [0.5, 0.6) is 0 Å². The van der Waals surface area contributed by atoms with E-state index in [0.717, 1.165) is 15.4 Å². The Hall–Kier alpha value is -2.79. The van der Waals surface area contributed by atoms with Gasteiger partial charge >= 0.3 is 0 Å². The summed E-state index contributed by atoms with van der Waals surface area (Å²) >= 11 is 9.57. The fourth-order valence-corrected chi connectivity index (χ4v) is 5.98. The number of anilines is 1. The molecule has 4 aromatic rings. The van der Waals surface area contributed by atoms with Crippen molar-refractivity contribution in [1.29, 1.82) is 0 Å². The molecule has 1 saturated heterocycles. The summed E-state index contributed by atoms with van der Waals surface area (Å²) in [5, 5.41) is 27.0. The van der Waals surface area contributed by atoms with E-state index in [4.69, 9.17) is 17.3 Å². The van der Waals surface area contributed by atoms with E-state index in [9.17, 15) is 15.0 Å². The number of nitrogens with two attached hydrogens (primary N) is 1. The second-order valence-corrected chi connectivity index (χ2v) is 10.2. The normalized spacial score (nSPS) is 28.9. The number of aromatic nitrogens is 4. The molecule has 1 spiro atoms. The zero-order valence-corrected chi connectivity index (χ0v) is 20.0. The van der Waals surface area contributed by atoms with Crippen molar-refractivity contribution < 1.29 is 15.0 Å². The van der Waals surface area contributed by atoms with E-state index in [1.807, 2.05) is 24.3 Å². The van der Waals surface area contributed by atoms with Gasteiger partial charge < -0.3 is 25.8 Å². The molecule has 11 heteroatoms. The van der Waals surface area contributed by atoms with E-state index >= 15 is 0 Å². The molecule has 1 amide bonds. The van der Waals surface area contributed by atoms with Crippen molar-refractivity contribution in [2.75, 3.05) is 5.73 Å². The number of carbonyl (C=O) groups excluding carboxylic acids is 1. The highest BCUT2D eigenvalue weighted by Gasteiger charge is 2.61. The third-order valence-corrected chi connectivity index (χ3v) is 8.16. The summed E-state index contributed by atoms with van der Waals surface area (Å²) in [6, 6.07) is 8.55. The molecule has 0 radical (unpaired) electrons. The molecule has 3 aromatic heterocycles. The number of benzene rings is 1. The number of hydrogen-bond acceptors (Lipinski definition) is 7. The predicted molar refractivity (Wildman–Crippen MR) is 130 cm³/mol. The van der Waals surface area contributed by atoms with Crippen LogP contribution in [-0.4, -0.2) is 47.8 Å². The lowest BCUT2D eigenvalue weighted by atomic mass is 9.79. The highest BCUT2D eigenvalue weighted by atomic mass is 79.9. The lowest BCUT2D eigenvalue weighted by Gasteiger charge is -2.24. The number of nitrogen functional groups attached to an aromatic ring is 1. The summed E-state index contributed by atoms with van der Waals surface area (Å²) in [5.74, 6) is 0.107. The number of halogens is 2. The molecule has 0 bridgehead atoms. The molecular formula is C23H20BrClN6O3. The van der Waals surface area contributed by atoms with Gasteiger partial charge in [-0.25, -0.2) is 15.0 Å². The van der Waals surface area contributed by atoms with Crippen molar-refractivity contribution >= 4 is 61.2 Å². The number of carbonyl (C=O) groups is 1. The van der Waals surface area contributed by atoms with E-state index in [-0.39, 0.29) is 18.4 Å². The van der Waals surface area contributed by atoms with E-state index in [1.54, 1.807) is 16.8 Å². The average molecular weight is 544 g/mol. The SMILES string of the molecule is Nc1nc2cc([C@@H]3C[C@]4(C[C@@H](n5ccc6c(Cl)ncnc65)[C@H](O)[C@@H]4O)C(=O)N3)ccc2cc1Br. The highest BCUT2D eigenvalue weighted by Crippen LogP contribution is 2.53. The molecule has 2 aliphatic rings. The summed E-state index contributed by atoms with van der Waals surface area (Å²) in [7, 11) is 0. The van der Waals surface area contributed by atoms with Crippen LogP contribution in [0, 0.1) is 5.41 Å². The van der Waals surface area contributed by atoms with Crippen LogP contribution < -0.4 is 11.1 Å². The Balaban J connectivity index is 1.34. The van der Waals surface area contributed by atoms with Crippen LogP contribution in [0.2, 0.25) is 5.15 Å². The number of pyridine rings is 1. The lowest BCUT2D eigenvalue weighted by molar-refractivity contribution is -0.134. The van der Waals surface area contributed by atoms with E-state index < -0.39 is 23.7 Å². The highest BCUT2D eigenvalue weighted by molar-refractivity contribution is 9.10. The number of aliphatic hydroxyl groups is 2. The van der Waals surface area contributed by atoms with E-state index in [1.165, 1.54) is 6.33 Å². The molecule has 4 heterocycles. The van der Waals surface area contributed by atoms with Crippen molar-refractivity contribution in [2.45, 2.75) is 37.1 Å². The fourth-order valence-electron chi connectivity index (χ4n) is 5.45. The Morgan fingerprint density at radius 2 is 2.03 bits per heavy atom. The van der Waals surface area contributed by atoms with Crippen LogP contribution in [0.4, 0.5) is 5.82 Å². The van der Waals surface area contributed by atoms with Gasteiger partial charge in [0.15, 0.2) is 0 Å². The molecule has 1 aromatic carbocycles. The lowest BCUT2D eigenvalue weighted by Crippen LogP contribution is -2.41. The van der Waals surface area contributed by atoms with Gasteiger partial charge in [-0.05, 0) is 52.5 Å². The van der Waals surface area contributed by atoms with E-state index in [2.05, 4.69) is 36.2 Å². The second-order valence-electron chi connectivity index (χ2n) is 9.03. The minimum atomic E-state index is -1.23. The minimum absolute atomic E-state index is 0.259. The summed E-state index contributed by atoms with van der Waals surface area (Å²) < 4.78 is 2.49. The third-order valence-electron chi connectivity index (χ3n) is 7.23. The monoisotopic (exact) mass is 542 g/mol. The maximum atomic E-state index is 13.3. The third kappa shape index (κ3) is 3.06. The Morgan fingerprint density at radius 1 is 1.21 bits per heavy atom. The molecule has 5 N–H and O–H groups in total. The first-order valence-electron chi connectivity index (χ1n) is 10.8. The van der Waals surface area contributed by atoms with E-state index in [0.29, 0.717) is 33.9 Å². The topological polar surface area (TPSA) is 139 Å². The minimum Gasteiger partial charge on any atom is -0.389 e. The molecular weight excluding hydrogens is 524 g/mol. The molecule has 9 nitrogen and oxygen atoms in total. The van der Waals surface area contributed by atoms with Gasteiger partial charge in [-0.3, -0.25) is 4.79 Å². The summed E-state index contributed by atoms with van der Waals surface area (Å²) in [4.78, 5) is 26.0. The molecule has 1 aliphatic carbocycles. The van der Waals surface area contributed by atoms with Crippen LogP contribution in [0.15, 0.2) is 47.3 Å². The van der Waals surface area contributed by atoms with Gasteiger partial charge in [-0.15, -0.1) is 0 Å². The largest absolute Gasteiger partial charge is 0.389 e. The van der Waals surface area contributed by atoms with Crippen LogP contribution >= 0.6 is 27.5 Å². The molecule has 34 heavy (non-hydrogen) atoms. The predicted octanol–water partition coefficient (Wildman–Crippen LogP) is 2.89. The summed E-state index contributed by atoms with van der Waals surface area (Å²) in [6.07, 6.45) is 1.33. The molecule has 1 aliphatic heterocycles. The van der Waals surface area contributed by atoms with Gasteiger partial charge in [0.2, 0.25) is 5.91 Å². The van der Waals surface area contributed by atoms with Crippen molar-refractivity contribution in [3.05, 3.63) is 58.0 Å². The number of rotatable bonds is 2. The van der Waals surface area contributed by atoms with Crippen molar-refractivity contribution in [2.24, 2.45) is 5.41 Å². The van der Waals surface area contributed by atoms with Gasteiger partial charge in [0.1, 0.15) is 29.0 Å². The Bertz CT molecular complexity index is 1480. The molecule has 1 saturated carbocycles. The first-order valence-corrected chi connectivity index (χ1v) is 12.0. The Labute approximate surface area is 207 Å². The number of aliphatic hydroxyl groups excluding tert-OH is 2. The van der Waals surface area contributed by atoms with Crippen LogP contribution in [0.25, 0.3) is 21.9 Å². The number of nitrogens with zero attached hydrogens (tertiary/aromatic N) is 4. The van der Waals surface area contributed by atoms with Gasteiger partial charge in [0.05, 0.1) is 39.0 Å². The molecule has 174 valence electrons. The molecule has 0 unspecified atom stereocenters. The van der Waals surface area contributed by atoms with Gasteiger partial charge in [-0.1, -0.05) is 23.7 Å². The van der Waals surface area contributed by atoms with Gasteiger partial charge in [0.25, 0.3) is 0 Å². The smallest absolute Gasteiger partial charge is 0.229 e. The van der Waals surface area contributed by atoms with Crippen LogP contribution in [0.3, 0.4) is 0 Å². The number of fused-ring (bicyclic) bond motifs is 2. The zero-order valence-electron chi connectivity index (χ0n) is 17.7. The summed E-state index contributed by atoms with van der Waals surface area (Å²) in [6.45, 7) is 0. The van der Waals surface area contributed by atoms with Gasteiger partial charge in [0, 0.05) is 11.6 Å². The molecule has 2 fully saturated rings. The standard InChI is InChI=1S/C23H20BrClN6O3/c24-13-5-10-1-2-11(6-14(10)29-20(13)26)15-7-23(22(34)30-15)8-16(17(32)18(23)33)31-4-3-12-19(25)27-9-28-21(12)31/h1-6,9,15-18,32-33H,7-8H2,(H2,26,29)(H,30,34)/t15-,16+,17-,18-,23+/m0/s1. The molecule has 6 rings (SSSR count). The van der Waals surface area contributed by atoms with Crippen LogP contribution in [-0.2, 0) is 4.79 Å². The Kier molecular flexibility index (Phi) is 4.86. The number of amides is 1. The first kappa shape index (κ1) is 21.7. The maximum absolute atomic E-state index is 13.3. The first-order chi connectivity index (χ1) is 16.3. The molecule has 5 atom stereocenters. The van der Waals surface area contributed by atoms with Crippen molar-refractivity contribution in [3.8, 4) is 0 Å². The fraction of sp³-hybridized carbons (Fsp3) is 0.304. The second kappa shape index (κ2) is 7.61. The summed E-state index contributed by atoms with van der Waals surface area (Å²) in [5.41, 5.74) is 6.94. The van der Waals surface area contributed by atoms with Crippen molar-refractivity contribution in [1.82, 2.24) is 24.8 Å². The quantitative estimate of drug-likeness (QED) is 0.285. The Morgan fingerprint density at radius 3 is 2.85 bits per heavy atom. The van der Waals surface area contributed by atoms with Crippen LogP contribution in [0.1, 0.15) is 30.5 Å². The zero-order chi connectivity index (χ0) is 23.8. The van der Waals surface area contributed by atoms with Gasteiger partial charge in [-0.2, -0.15) is 0 Å².